The quantitative estimate of drug-likeness (QED) is 0.698. The van der Waals surface area contributed by atoms with Crippen molar-refractivity contribution in [2.24, 2.45) is 4.99 Å². The molecule has 2 rings (SSSR count). The molecule has 0 amide bonds. The Morgan fingerprint density at radius 1 is 1.47 bits per heavy atom. The normalized spacial score (nSPS) is 12.9. The van der Waals surface area contributed by atoms with Crippen LogP contribution in [-0.2, 0) is 4.74 Å². The van der Waals surface area contributed by atoms with Gasteiger partial charge in [0.25, 0.3) is 0 Å². The fourth-order valence-corrected chi connectivity index (χ4v) is 1.25. The van der Waals surface area contributed by atoms with Gasteiger partial charge in [-0.3, -0.25) is 0 Å². The minimum Gasteiger partial charge on any atom is -0.497 e. The summed E-state index contributed by atoms with van der Waals surface area (Å²) in [4.78, 5) is 4.05. The lowest BCUT2D eigenvalue weighted by Crippen LogP contribution is -1.93. The summed E-state index contributed by atoms with van der Waals surface area (Å²) in [7, 11) is 1.60. The van der Waals surface area contributed by atoms with Crippen LogP contribution >= 0.6 is 0 Å². The maximum absolute atomic E-state index is 8.68. The van der Waals surface area contributed by atoms with E-state index in [1.165, 1.54) is 6.26 Å². The molecule has 0 aliphatic carbocycles. The van der Waals surface area contributed by atoms with Crippen molar-refractivity contribution in [3.8, 4) is 11.8 Å². The van der Waals surface area contributed by atoms with E-state index in [-0.39, 0.29) is 5.90 Å². The second-order valence-electron chi connectivity index (χ2n) is 2.87. The van der Waals surface area contributed by atoms with Gasteiger partial charge in [-0.25, -0.2) is 4.99 Å². The minimum atomic E-state index is 0.0372. The van der Waals surface area contributed by atoms with Crippen molar-refractivity contribution >= 4 is 17.7 Å². The molecule has 4 heteroatoms. The number of hydrogen-bond donors (Lipinski definition) is 0. The Labute approximate surface area is 87.1 Å². The highest BCUT2D eigenvalue weighted by atomic mass is 16.5. The fraction of sp³-hybridized carbons (Fsp3) is 0.0909. The SMILES string of the molecule is COc1ccc2c(c1)C=COC(C#N)=N2. The van der Waals surface area contributed by atoms with Crippen LogP contribution in [0.2, 0.25) is 0 Å². The Balaban J connectivity index is 2.52. The van der Waals surface area contributed by atoms with Gasteiger partial charge in [0.05, 0.1) is 19.1 Å². The van der Waals surface area contributed by atoms with Crippen molar-refractivity contribution in [2.75, 3.05) is 7.11 Å². The molecule has 74 valence electrons. The minimum absolute atomic E-state index is 0.0372. The van der Waals surface area contributed by atoms with Crippen LogP contribution < -0.4 is 4.74 Å². The fourth-order valence-electron chi connectivity index (χ4n) is 1.25. The first-order valence-corrected chi connectivity index (χ1v) is 4.33. The summed E-state index contributed by atoms with van der Waals surface area (Å²) in [5.74, 6) is 0.782. The first kappa shape index (κ1) is 9.28. The van der Waals surface area contributed by atoms with Crippen LogP contribution in [0.1, 0.15) is 5.56 Å². The van der Waals surface area contributed by atoms with Crippen LogP contribution in [0.15, 0.2) is 29.5 Å². The lowest BCUT2D eigenvalue weighted by Gasteiger charge is -2.02. The number of rotatable bonds is 1. The van der Waals surface area contributed by atoms with E-state index in [0.29, 0.717) is 5.69 Å². The molecular formula is C11H8N2O2. The van der Waals surface area contributed by atoms with Gasteiger partial charge in [-0.2, -0.15) is 5.26 Å². The van der Waals surface area contributed by atoms with Crippen molar-refractivity contribution in [3.05, 3.63) is 30.0 Å². The first-order valence-electron chi connectivity index (χ1n) is 4.33. The zero-order valence-electron chi connectivity index (χ0n) is 8.10. The molecule has 0 N–H and O–H groups in total. The molecule has 4 nitrogen and oxygen atoms in total. The number of benzene rings is 1. The predicted octanol–water partition coefficient (Wildman–Crippen LogP) is 2.25. The number of fused-ring (bicyclic) bond motifs is 1. The lowest BCUT2D eigenvalue weighted by atomic mass is 10.1. The largest absolute Gasteiger partial charge is 0.497 e. The van der Waals surface area contributed by atoms with E-state index in [0.717, 1.165) is 11.3 Å². The molecule has 0 unspecified atom stereocenters. The van der Waals surface area contributed by atoms with E-state index in [2.05, 4.69) is 4.99 Å². The summed E-state index contributed by atoms with van der Waals surface area (Å²) in [5, 5.41) is 8.68. The summed E-state index contributed by atoms with van der Waals surface area (Å²) in [6.07, 6.45) is 3.18. The molecule has 1 aromatic rings. The second-order valence-corrected chi connectivity index (χ2v) is 2.87. The van der Waals surface area contributed by atoms with Gasteiger partial charge in [0.2, 0.25) is 0 Å². The predicted molar refractivity (Wildman–Crippen MR) is 55.8 cm³/mol. The van der Waals surface area contributed by atoms with E-state index in [1.807, 2.05) is 12.1 Å². The average Bonchev–Trinajstić information content (AvgIpc) is 2.49. The Hall–Kier alpha value is -2.28. The van der Waals surface area contributed by atoms with Gasteiger partial charge in [0.15, 0.2) is 6.07 Å². The molecule has 0 atom stereocenters. The smallest absolute Gasteiger partial charge is 0.300 e. The molecule has 1 aliphatic heterocycles. The van der Waals surface area contributed by atoms with Gasteiger partial charge >= 0.3 is 5.90 Å². The lowest BCUT2D eigenvalue weighted by molar-refractivity contribution is 0.415. The van der Waals surface area contributed by atoms with Crippen molar-refractivity contribution in [2.45, 2.75) is 0 Å². The molecule has 0 saturated carbocycles. The van der Waals surface area contributed by atoms with Gasteiger partial charge in [0, 0.05) is 5.56 Å². The van der Waals surface area contributed by atoms with Gasteiger partial charge in [0.1, 0.15) is 5.75 Å². The highest BCUT2D eigenvalue weighted by molar-refractivity contribution is 5.95. The Kier molecular flexibility index (Phi) is 2.38. The van der Waals surface area contributed by atoms with Crippen molar-refractivity contribution in [3.63, 3.8) is 0 Å². The Morgan fingerprint density at radius 3 is 3.07 bits per heavy atom. The highest BCUT2D eigenvalue weighted by Gasteiger charge is 2.07. The Bertz CT molecular complexity index is 484. The van der Waals surface area contributed by atoms with E-state index in [1.54, 1.807) is 25.3 Å². The van der Waals surface area contributed by atoms with Crippen LogP contribution in [0.25, 0.3) is 6.08 Å². The number of nitrogens with zero attached hydrogens (tertiary/aromatic N) is 2. The van der Waals surface area contributed by atoms with Crippen LogP contribution in [-0.4, -0.2) is 13.0 Å². The van der Waals surface area contributed by atoms with Crippen molar-refractivity contribution in [1.82, 2.24) is 0 Å². The molecule has 15 heavy (non-hydrogen) atoms. The number of aliphatic imine (C=N–C) groups is 1. The molecule has 1 heterocycles. The molecule has 1 aromatic carbocycles. The summed E-state index contributed by atoms with van der Waals surface area (Å²) in [6, 6.07) is 7.26. The number of methoxy groups -OCH3 is 1. The maximum Gasteiger partial charge on any atom is 0.300 e. The number of ether oxygens (including phenoxy) is 2. The maximum atomic E-state index is 8.68. The summed E-state index contributed by atoms with van der Waals surface area (Å²) < 4.78 is 10.1. The molecule has 0 bridgehead atoms. The average molecular weight is 200 g/mol. The standard InChI is InChI=1S/C11H8N2O2/c1-14-9-2-3-10-8(6-9)4-5-15-11(7-12)13-10/h2-6H,1H3. The second kappa shape index (κ2) is 3.84. The monoisotopic (exact) mass is 200 g/mol. The van der Waals surface area contributed by atoms with Gasteiger partial charge in [-0.15, -0.1) is 0 Å². The zero-order valence-corrected chi connectivity index (χ0v) is 8.10. The topological polar surface area (TPSA) is 54.6 Å². The number of nitriles is 1. The van der Waals surface area contributed by atoms with Gasteiger partial charge < -0.3 is 9.47 Å². The third kappa shape index (κ3) is 1.81. The van der Waals surface area contributed by atoms with E-state index >= 15 is 0 Å². The first-order chi connectivity index (χ1) is 7.33. The van der Waals surface area contributed by atoms with Gasteiger partial charge in [-0.05, 0) is 24.3 Å². The van der Waals surface area contributed by atoms with Crippen molar-refractivity contribution in [1.29, 1.82) is 5.26 Å². The summed E-state index contributed by atoms with van der Waals surface area (Å²) in [5.41, 5.74) is 1.56. The molecule has 0 spiro atoms. The Morgan fingerprint density at radius 2 is 2.33 bits per heavy atom. The van der Waals surface area contributed by atoms with Crippen molar-refractivity contribution < 1.29 is 9.47 Å². The molecule has 0 radical (unpaired) electrons. The highest BCUT2D eigenvalue weighted by Crippen LogP contribution is 2.27. The summed E-state index contributed by atoms with van der Waals surface area (Å²) in [6.45, 7) is 0. The molecule has 1 aliphatic rings. The summed E-state index contributed by atoms with van der Waals surface area (Å²) >= 11 is 0. The van der Waals surface area contributed by atoms with Crippen LogP contribution in [0.4, 0.5) is 5.69 Å². The third-order valence-electron chi connectivity index (χ3n) is 1.98. The molecule has 0 aromatic heterocycles. The number of hydrogen-bond acceptors (Lipinski definition) is 4. The molecular weight excluding hydrogens is 192 g/mol. The molecule has 0 fully saturated rings. The van der Waals surface area contributed by atoms with Crippen LogP contribution in [0.3, 0.4) is 0 Å². The molecule has 0 saturated heterocycles. The third-order valence-corrected chi connectivity index (χ3v) is 1.98. The van der Waals surface area contributed by atoms with E-state index < -0.39 is 0 Å². The van der Waals surface area contributed by atoms with E-state index in [4.69, 9.17) is 14.7 Å². The van der Waals surface area contributed by atoms with Crippen LogP contribution in [0.5, 0.6) is 5.75 Å². The van der Waals surface area contributed by atoms with E-state index in [9.17, 15) is 0 Å². The van der Waals surface area contributed by atoms with Crippen LogP contribution in [0, 0.1) is 11.3 Å². The van der Waals surface area contributed by atoms with Gasteiger partial charge in [-0.1, -0.05) is 0 Å². The zero-order chi connectivity index (χ0) is 10.7.